The second-order valence-corrected chi connectivity index (χ2v) is 1.43. The van der Waals surface area contributed by atoms with E-state index in [-0.39, 0.29) is 6.61 Å². The smallest absolute Gasteiger partial charge is 0.331 e. The molecule has 0 N–H and O–H groups in total. The topological polar surface area (TPSA) is 35.5 Å². The third-order valence-electron chi connectivity index (χ3n) is 0.659. The summed E-state index contributed by atoms with van der Waals surface area (Å²) in [5.41, 5.74) is 0. The zero-order valence-corrected chi connectivity index (χ0v) is 5.39. The lowest BCUT2D eigenvalue weighted by Crippen LogP contribution is -2.13. The molecule has 0 radical (unpaired) electrons. The highest BCUT2D eigenvalue weighted by Gasteiger charge is 2.02. The molecule has 0 rings (SSSR count). The van der Waals surface area contributed by atoms with Crippen molar-refractivity contribution < 1.29 is 18.7 Å². The summed E-state index contributed by atoms with van der Waals surface area (Å²) in [5.74, 6) is -0.570. The first-order valence-electron chi connectivity index (χ1n) is 2.49. The minimum absolute atomic E-state index is 0.325. The van der Waals surface area contributed by atoms with Crippen molar-refractivity contribution in [1.29, 1.82) is 0 Å². The molecule has 54 valence electrons. The normalized spacial score (nSPS) is 12.8. The van der Waals surface area contributed by atoms with Crippen LogP contribution >= 0.6 is 0 Å². The molecular formula is C5H9FO3. The highest BCUT2D eigenvalue weighted by atomic mass is 19.1. The number of halogens is 1. The first kappa shape index (κ1) is 8.36. The van der Waals surface area contributed by atoms with E-state index in [1.165, 1.54) is 14.0 Å². The van der Waals surface area contributed by atoms with Crippen LogP contribution in [0.2, 0.25) is 0 Å². The number of rotatable bonds is 3. The van der Waals surface area contributed by atoms with Crippen molar-refractivity contribution in [2.45, 2.75) is 13.3 Å². The van der Waals surface area contributed by atoms with Gasteiger partial charge in [-0.05, 0) is 6.92 Å². The van der Waals surface area contributed by atoms with Crippen molar-refractivity contribution in [3.63, 3.8) is 0 Å². The number of carbonyl (C=O) groups excluding carboxylic acids is 1. The predicted molar refractivity (Wildman–Crippen MR) is 28.5 cm³/mol. The van der Waals surface area contributed by atoms with Crippen LogP contribution in [0.4, 0.5) is 4.39 Å². The molecule has 4 heteroatoms. The molecule has 0 aliphatic heterocycles. The second-order valence-electron chi connectivity index (χ2n) is 1.43. The molecular weight excluding hydrogens is 127 g/mol. The Bertz CT molecular complexity index is 92.2. The van der Waals surface area contributed by atoms with Crippen LogP contribution in [-0.2, 0) is 14.3 Å². The summed E-state index contributed by atoms with van der Waals surface area (Å²) in [4.78, 5) is 10.2. The molecule has 1 atom stereocenters. The number of ether oxygens (including phenoxy) is 2. The van der Waals surface area contributed by atoms with Crippen molar-refractivity contribution in [1.82, 2.24) is 0 Å². The third kappa shape index (κ3) is 5.23. The first-order chi connectivity index (χ1) is 4.16. The van der Waals surface area contributed by atoms with Crippen LogP contribution in [0, 0.1) is 0 Å². The molecule has 0 saturated carbocycles. The number of methoxy groups -OCH3 is 1. The fourth-order valence-corrected chi connectivity index (χ4v) is 0.242. The van der Waals surface area contributed by atoms with Crippen molar-refractivity contribution in [3.8, 4) is 0 Å². The molecule has 3 nitrogen and oxygen atoms in total. The maximum absolute atomic E-state index is 11.8. The van der Waals surface area contributed by atoms with Crippen LogP contribution in [0.15, 0.2) is 0 Å². The van der Waals surface area contributed by atoms with E-state index < -0.39 is 12.3 Å². The summed E-state index contributed by atoms with van der Waals surface area (Å²) in [6.07, 6.45) is -1.41. The van der Waals surface area contributed by atoms with Gasteiger partial charge in [-0.1, -0.05) is 0 Å². The van der Waals surface area contributed by atoms with Crippen LogP contribution in [-0.4, -0.2) is 26.0 Å². The molecule has 0 amide bonds. The van der Waals surface area contributed by atoms with Crippen molar-refractivity contribution in [2.24, 2.45) is 0 Å². The number of hydrogen-bond acceptors (Lipinski definition) is 3. The SMILES string of the molecule is COC(=O)COC(C)F. The van der Waals surface area contributed by atoms with E-state index in [9.17, 15) is 9.18 Å². The van der Waals surface area contributed by atoms with Gasteiger partial charge in [-0.3, -0.25) is 0 Å². The molecule has 0 aromatic carbocycles. The summed E-state index contributed by atoms with van der Waals surface area (Å²) in [5, 5.41) is 0. The minimum atomic E-state index is -1.41. The van der Waals surface area contributed by atoms with Crippen LogP contribution in [0.5, 0.6) is 0 Å². The summed E-state index contributed by atoms with van der Waals surface area (Å²) in [7, 11) is 1.22. The molecule has 0 fully saturated rings. The molecule has 9 heavy (non-hydrogen) atoms. The van der Waals surface area contributed by atoms with E-state index in [1.807, 2.05) is 0 Å². The van der Waals surface area contributed by atoms with Crippen LogP contribution < -0.4 is 0 Å². The molecule has 1 unspecified atom stereocenters. The molecule has 0 aliphatic carbocycles. The Labute approximate surface area is 52.8 Å². The maximum atomic E-state index is 11.8. The highest BCUT2D eigenvalue weighted by molar-refractivity contribution is 5.70. The quantitative estimate of drug-likeness (QED) is 0.530. The van der Waals surface area contributed by atoms with Gasteiger partial charge in [0.1, 0.15) is 6.61 Å². The maximum Gasteiger partial charge on any atom is 0.331 e. The monoisotopic (exact) mass is 136 g/mol. The fraction of sp³-hybridized carbons (Fsp3) is 0.800. The Kier molecular flexibility index (Phi) is 3.96. The highest BCUT2D eigenvalue weighted by Crippen LogP contribution is 1.90. The number of esters is 1. The summed E-state index contributed by atoms with van der Waals surface area (Å²) in [6.45, 7) is 0.872. The Hall–Kier alpha value is -0.640. The van der Waals surface area contributed by atoms with Gasteiger partial charge in [0, 0.05) is 0 Å². The minimum Gasteiger partial charge on any atom is -0.467 e. The van der Waals surface area contributed by atoms with Gasteiger partial charge in [-0.15, -0.1) is 0 Å². The van der Waals surface area contributed by atoms with Gasteiger partial charge in [0.2, 0.25) is 0 Å². The lowest BCUT2D eigenvalue weighted by atomic mass is 10.7. The lowest BCUT2D eigenvalue weighted by Gasteiger charge is -2.01. The van der Waals surface area contributed by atoms with Gasteiger partial charge < -0.3 is 9.47 Å². The summed E-state index contributed by atoms with van der Waals surface area (Å²) >= 11 is 0. The van der Waals surface area contributed by atoms with Gasteiger partial charge in [0.15, 0.2) is 6.36 Å². The lowest BCUT2D eigenvalue weighted by molar-refractivity contribution is -0.151. The van der Waals surface area contributed by atoms with Gasteiger partial charge in [-0.25, -0.2) is 9.18 Å². The zero-order chi connectivity index (χ0) is 7.28. The standard InChI is InChI=1S/C5H9FO3/c1-4(6)9-3-5(7)8-2/h4H,3H2,1-2H3. The fourth-order valence-electron chi connectivity index (χ4n) is 0.242. The summed E-state index contributed by atoms with van der Waals surface area (Å²) in [6, 6.07) is 0. The number of hydrogen-bond donors (Lipinski definition) is 0. The van der Waals surface area contributed by atoms with Crippen LogP contribution in [0.25, 0.3) is 0 Å². The van der Waals surface area contributed by atoms with E-state index in [4.69, 9.17) is 0 Å². The number of alkyl halides is 1. The number of carbonyl (C=O) groups is 1. The average Bonchev–Trinajstić information content (AvgIpc) is 1.83. The molecule has 0 aromatic rings. The van der Waals surface area contributed by atoms with Crippen LogP contribution in [0.1, 0.15) is 6.92 Å². The zero-order valence-electron chi connectivity index (χ0n) is 5.39. The molecule has 0 aliphatic rings. The van der Waals surface area contributed by atoms with Gasteiger partial charge in [0.25, 0.3) is 0 Å². The van der Waals surface area contributed by atoms with E-state index >= 15 is 0 Å². The predicted octanol–water partition coefficient (Wildman–Crippen LogP) is 0.491. The van der Waals surface area contributed by atoms with E-state index in [0.29, 0.717) is 0 Å². The summed E-state index contributed by atoms with van der Waals surface area (Å²) < 4.78 is 20.2. The Balaban J connectivity index is 3.17. The second kappa shape index (κ2) is 4.26. The molecule has 0 aromatic heterocycles. The van der Waals surface area contributed by atoms with E-state index in [0.717, 1.165) is 0 Å². The Morgan fingerprint density at radius 1 is 1.78 bits per heavy atom. The molecule has 0 spiro atoms. The molecule has 0 bridgehead atoms. The Morgan fingerprint density at radius 2 is 2.33 bits per heavy atom. The van der Waals surface area contributed by atoms with Crippen LogP contribution in [0.3, 0.4) is 0 Å². The largest absolute Gasteiger partial charge is 0.467 e. The van der Waals surface area contributed by atoms with Gasteiger partial charge >= 0.3 is 5.97 Å². The van der Waals surface area contributed by atoms with E-state index in [2.05, 4.69) is 9.47 Å². The van der Waals surface area contributed by atoms with Crippen molar-refractivity contribution in [3.05, 3.63) is 0 Å². The van der Waals surface area contributed by atoms with Gasteiger partial charge in [0.05, 0.1) is 7.11 Å². The molecule has 0 saturated heterocycles. The van der Waals surface area contributed by atoms with E-state index in [1.54, 1.807) is 0 Å². The molecule has 0 heterocycles. The van der Waals surface area contributed by atoms with Crippen molar-refractivity contribution >= 4 is 5.97 Å². The first-order valence-corrected chi connectivity index (χ1v) is 2.49. The average molecular weight is 136 g/mol. The van der Waals surface area contributed by atoms with Gasteiger partial charge in [-0.2, -0.15) is 0 Å². The van der Waals surface area contributed by atoms with Crippen molar-refractivity contribution in [2.75, 3.05) is 13.7 Å². The Morgan fingerprint density at radius 3 is 2.67 bits per heavy atom. The third-order valence-corrected chi connectivity index (χ3v) is 0.659.